The molecule has 31 heavy (non-hydrogen) atoms. The number of benzene rings is 1. The quantitative estimate of drug-likeness (QED) is 0.491. The van der Waals surface area contributed by atoms with E-state index in [0.717, 1.165) is 37.2 Å². The monoisotopic (exact) mass is 465 g/mol. The lowest BCUT2D eigenvalue weighted by Crippen LogP contribution is -2.45. The minimum absolute atomic E-state index is 0.133. The maximum atomic E-state index is 12.3. The topological polar surface area (TPSA) is 90.9 Å². The summed E-state index contributed by atoms with van der Waals surface area (Å²) in [6, 6.07) is 10.9. The van der Waals surface area contributed by atoms with Crippen LogP contribution >= 0.6 is 22.9 Å². The van der Waals surface area contributed by atoms with Crippen molar-refractivity contribution >= 4 is 46.2 Å². The van der Waals surface area contributed by atoms with Gasteiger partial charge in [-0.05, 0) is 62.6 Å². The number of carbonyl (C=O) groups excluding carboxylic acids is 2. The molecule has 2 heterocycles. The maximum Gasteiger partial charge on any atom is 0.328 e. The average molecular weight is 466 g/mol. The first-order valence-electron chi connectivity index (χ1n) is 10.5. The number of hydrogen-bond acceptors (Lipinski definition) is 7. The Labute approximate surface area is 191 Å². The molecule has 3 rings (SSSR count). The van der Waals surface area contributed by atoms with Crippen molar-refractivity contribution in [3.8, 4) is 0 Å². The third kappa shape index (κ3) is 6.59. The van der Waals surface area contributed by atoms with E-state index in [1.807, 2.05) is 31.2 Å². The van der Waals surface area contributed by atoms with E-state index in [1.165, 1.54) is 11.3 Å². The summed E-state index contributed by atoms with van der Waals surface area (Å²) in [7, 11) is 0. The molecular weight excluding hydrogens is 438 g/mol. The molecule has 1 amide bonds. The molecule has 9 heteroatoms. The molecular formula is C22H28ClN3O4S. The van der Waals surface area contributed by atoms with Gasteiger partial charge in [0, 0.05) is 31.0 Å². The molecule has 0 radical (unpaired) electrons. The third-order valence-electron chi connectivity index (χ3n) is 5.10. The standard InChI is InChI=1S/C22H28ClN3O4S/c1-2-30-22(29)18-5-3-4-12-26(18)16-8-6-15(7-9-16)24-13-17(27)14-25-21(28)19-10-11-20(23)31-19/h6-11,17-18,24,27H,2-5,12-14H2,1H3,(H,25,28). The molecule has 0 saturated carbocycles. The zero-order valence-corrected chi connectivity index (χ0v) is 19.0. The van der Waals surface area contributed by atoms with Crippen LogP contribution in [-0.2, 0) is 9.53 Å². The number of aliphatic hydroxyl groups excluding tert-OH is 1. The lowest BCUT2D eigenvalue weighted by Gasteiger charge is -2.35. The van der Waals surface area contributed by atoms with Crippen LogP contribution in [-0.4, -0.2) is 55.4 Å². The van der Waals surface area contributed by atoms with E-state index < -0.39 is 6.10 Å². The molecule has 1 saturated heterocycles. The summed E-state index contributed by atoms with van der Waals surface area (Å²) in [5.41, 5.74) is 1.83. The Kier molecular flexibility index (Phi) is 8.57. The van der Waals surface area contributed by atoms with Gasteiger partial charge < -0.3 is 25.4 Å². The second-order valence-corrected chi connectivity index (χ2v) is 9.07. The second kappa shape index (κ2) is 11.4. The van der Waals surface area contributed by atoms with E-state index in [-0.39, 0.29) is 24.5 Å². The van der Waals surface area contributed by atoms with Gasteiger partial charge in [-0.1, -0.05) is 11.6 Å². The predicted molar refractivity (Wildman–Crippen MR) is 124 cm³/mol. The Balaban J connectivity index is 1.48. The van der Waals surface area contributed by atoms with Gasteiger partial charge in [0.2, 0.25) is 0 Å². The van der Waals surface area contributed by atoms with E-state index in [1.54, 1.807) is 12.1 Å². The van der Waals surface area contributed by atoms with Gasteiger partial charge in [0.05, 0.1) is 21.9 Å². The number of piperidine rings is 1. The van der Waals surface area contributed by atoms with Gasteiger partial charge in [-0.3, -0.25) is 4.79 Å². The van der Waals surface area contributed by atoms with Gasteiger partial charge >= 0.3 is 5.97 Å². The molecule has 2 aromatic rings. The molecule has 0 bridgehead atoms. The predicted octanol–water partition coefficient (Wildman–Crippen LogP) is 3.53. The fraction of sp³-hybridized carbons (Fsp3) is 0.455. The Morgan fingerprint density at radius 1 is 1.23 bits per heavy atom. The number of hydrogen-bond donors (Lipinski definition) is 3. The van der Waals surface area contributed by atoms with Crippen LogP contribution in [0.5, 0.6) is 0 Å². The fourth-order valence-corrected chi connectivity index (χ4v) is 4.50. The van der Waals surface area contributed by atoms with Gasteiger partial charge in [0.25, 0.3) is 5.91 Å². The number of carbonyl (C=O) groups is 2. The SMILES string of the molecule is CCOC(=O)C1CCCCN1c1ccc(NCC(O)CNC(=O)c2ccc(Cl)s2)cc1. The van der Waals surface area contributed by atoms with Gasteiger partial charge in [-0.15, -0.1) is 11.3 Å². The summed E-state index contributed by atoms with van der Waals surface area (Å²) in [5.74, 6) is -0.419. The Bertz CT molecular complexity index is 874. The van der Waals surface area contributed by atoms with Crippen LogP contribution in [0.3, 0.4) is 0 Å². The van der Waals surface area contributed by atoms with E-state index in [2.05, 4.69) is 15.5 Å². The van der Waals surface area contributed by atoms with E-state index >= 15 is 0 Å². The largest absolute Gasteiger partial charge is 0.464 e. The van der Waals surface area contributed by atoms with E-state index in [9.17, 15) is 14.7 Å². The molecule has 1 aromatic carbocycles. The lowest BCUT2D eigenvalue weighted by atomic mass is 10.0. The van der Waals surface area contributed by atoms with Gasteiger partial charge in [-0.2, -0.15) is 0 Å². The zero-order chi connectivity index (χ0) is 22.2. The Hall–Kier alpha value is -2.29. The second-order valence-electron chi connectivity index (χ2n) is 7.35. The molecule has 0 spiro atoms. The van der Waals surface area contributed by atoms with E-state index in [0.29, 0.717) is 22.4 Å². The van der Waals surface area contributed by atoms with Crippen LogP contribution in [0.15, 0.2) is 36.4 Å². The van der Waals surface area contributed by atoms with Crippen LogP contribution in [0.4, 0.5) is 11.4 Å². The minimum Gasteiger partial charge on any atom is -0.464 e. The first kappa shape index (κ1) is 23.4. The summed E-state index contributed by atoms with van der Waals surface area (Å²) in [5, 5.41) is 16.0. The zero-order valence-electron chi connectivity index (χ0n) is 17.5. The number of anilines is 2. The highest BCUT2D eigenvalue weighted by molar-refractivity contribution is 7.17. The van der Waals surface area contributed by atoms with Crippen molar-refractivity contribution in [2.45, 2.75) is 38.3 Å². The molecule has 1 aliphatic heterocycles. The molecule has 1 aromatic heterocycles. The molecule has 168 valence electrons. The van der Waals surface area contributed by atoms with Gasteiger partial charge in [-0.25, -0.2) is 4.79 Å². The summed E-state index contributed by atoms with van der Waals surface area (Å²) in [4.78, 5) is 26.9. The number of amides is 1. The fourth-order valence-electron chi connectivity index (χ4n) is 3.54. The van der Waals surface area contributed by atoms with E-state index in [4.69, 9.17) is 16.3 Å². The van der Waals surface area contributed by atoms with Crippen molar-refractivity contribution in [2.75, 3.05) is 36.5 Å². The number of halogens is 1. The van der Waals surface area contributed by atoms with Crippen LogP contribution in [0, 0.1) is 0 Å². The van der Waals surface area contributed by atoms with Gasteiger partial charge in [0.15, 0.2) is 0 Å². The molecule has 3 N–H and O–H groups in total. The van der Waals surface area contributed by atoms with Crippen molar-refractivity contribution in [2.24, 2.45) is 0 Å². The number of esters is 1. The Morgan fingerprint density at radius 3 is 2.68 bits per heavy atom. The third-order valence-corrected chi connectivity index (χ3v) is 6.33. The Morgan fingerprint density at radius 2 is 2.00 bits per heavy atom. The highest BCUT2D eigenvalue weighted by Crippen LogP contribution is 2.27. The van der Waals surface area contributed by atoms with Crippen molar-refractivity contribution in [1.82, 2.24) is 5.32 Å². The number of nitrogens with one attached hydrogen (secondary N) is 2. The molecule has 0 aliphatic carbocycles. The number of ether oxygens (including phenoxy) is 1. The first-order valence-corrected chi connectivity index (χ1v) is 11.7. The van der Waals surface area contributed by atoms with Crippen LogP contribution in [0.2, 0.25) is 4.34 Å². The van der Waals surface area contributed by atoms with Crippen LogP contribution in [0.1, 0.15) is 35.9 Å². The van der Waals surface area contributed by atoms with Gasteiger partial charge in [0.1, 0.15) is 6.04 Å². The first-order chi connectivity index (χ1) is 15.0. The highest BCUT2D eigenvalue weighted by atomic mass is 35.5. The average Bonchev–Trinajstić information content (AvgIpc) is 3.23. The van der Waals surface area contributed by atoms with Crippen LogP contribution < -0.4 is 15.5 Å². The summed E-state index contributed by atoms with van der Waals surface area (Å²) >= 11 is 7.03. The summed E-state index contributed by atoms with van der Waals surface area (Å²) < 4.78 is 5.78. The molecule has 1 aliphatic rings. The molecule has 7 nitrogen and oxygen atoms in total. The van der Waals surface area contributed by atoms with Crippen LogP contribution in [0.25, 0.3) is 0 Å². The summed E-state index contributed by atoms with van der Waals surface area (Å²) in [6.07, 6.45) is 2.13. The van der Waals surface area contributed by atoms with Crippen molar-refractivity contribution in [1.29, 1.82) is 0 Å². The smallest absolute Gasteiger partial charge is 0.328 e. The number of nitrogens with zero attached hydrogens (tertiary/aromatic N) is 1. The number of aliphatic hydroxyl groups is 1. The minimum atomic E-state index is -0.741. The maximum absolute atomic E-state index is 12.3. The molecule has 2 unspecified atom stereocenters. The highest BCUT2D eigenvalue weighted by Gasteiger charge is 2.29. The van der Waals surface area contributed by atoms with Crippen molar-refractivity contribution in [3.63, 3.8) is 0 Å². The summed E-state index contributed by atoms with van der Waals surface area (Å²) in [6.45, 7) is 3.46. The van der Waals surface area contributed by atoms with Crippen molar-refractivity contribution in [3.05, 3.63) is 45.6 Å². The normalized spacial score (nSPS) is 17.1. The molecule has 2 atom stereocenters. The lowest BCUT2D eigenvalue weighted by molar-refractivity contribution is -0.145. The molecule has 1 fully saturated rings. The van der Waals surface area contributed by atoms with Crippen molar-refractivity contribution < 1.29 is 19.4 Å². The number of thiophene rings is 1. The number of rotatable bonds is 9.